The number of hydrogen-bond donors (Lipinski definition) is 0. The average Bonchev–Trinajstić information content (AvgIpc) is 2.48. The molecule has 0 aliphatic rings. The number of aromatic nitrogens is 2. The molecule has 2 aromatic heterocycles. The lowest BCUT2D eigenvalue weighted by Gasteiger charge is -2.17. The predicted octanol–water partition coefficient (Wildman–Crippen LogP) is 2.99. The van der Waals surface area contributed by atoms with Gasteiger partial charge in [0.15, 0.2) is 0 Å². The minimum Gasteiger partial charge on any atom is -0.239 e. The van der Waals surface area contributed by atoms with Gasteiger partial charge >= 0.3 is 0 Å². The molecule has 0 fully saturated rings. The van der Waals surface area contributed by atoms with Crippen LogP contribution in [0.3, 0.4) is 0 Å². The molecule has 0 N–H and O–H groups in total. The van der Waals surface area contributed by atoms with E-state index in [9.17, 15) is 0 Å². The first-order chi connectivity index (χ1) is 6.09. The van der Waals surface area contributed by atoms with Crippen LogP contribution in [0.15, 0.2) is 17.8 Å². The van der Waals surface area contributed by atoms with Gasteiger partial charge in [-0.1, -0.05) is 20.8 Å². The molecule has 0 saturated heterocycles. The van der Waals surface area contributed by atoms with Gasteiger partial charge in [0.25, 0.3) is 0 Å². The Morgan fingerprint density at radius 3 is 2.69 bits per heavy atom. The zero-order chi connectivity index (χ0) is 9.47. The Hall–Kier alpha value is -0.960. The maximum Gasteiger partial charge on any atom is 0.116 e. The van der Waals surface area contributed by atoms with Crippen LogP contribution in [0.5, 0.6) is 0 Å². The lowest BCUT2D eigenvalue weighted by Crippen LogP contribution is -2.13. The summed E-state index contributed by atoms with van der Waals surface area (Å²) in [5, 5.41) is 2.06. The van der Waals surface area contributed by atoms with E-state index in [0.717, 1.165) is 11.2 Å². The number of rotatable bonds is 0. The molecule has 0 aromatic carbocycles. The quantitative estimate of drug-likeness (QED) is 0.641. The molecule has 0 aliphatic heterocycles. The van der Waals surface area contributed by atoms with Crippen molar-refractivity contribution in [3.8, 4) is 0 Å². The number of nitrogens with zero attached hydrogens (tertiary/aromatic N) is 2. The summed E-state index contributed by atoms with van der Waals surface area (Å²) < 4.78 is 1.22. The third-order valence-electron chi connectivity index (χ3n) is 1.95. The molecular weight excluding hydrogens is 180 g/mol. The topological polar surface area (TPSA) is 25.8 Å². The van der Waals surface area contributed by atoms with Gasteiger partial charge in [-0.3, -0.25) is 0 Å². The molecule has 0 radical (unpaired) electrons. The summed E-state index contributed by atoms with van der Waals surface area (Å²) in [5.74, 6) is 0. The Morgan fingerprint density at radius 2 is 2.00 bits per heavy atom. The highest BCUT2D eigenvalue weighted by molar-refractivity contribution is 7.17. The molecule has 3 heteroatoms. The first-order valence-corrected chi connectivity index (χ1v) is 5.16. The van der Waals surface area contributed by atoms with Crippen molar-refractivity contribution in [1.82, 2.24) is 9.97 Å². The van der Waals surface area contributed by atoms with E-state index < -0.39 is 0 Å². The summed E-state index contributed by atoms with van der Waals surface area (Å²) in [6.45, 7) is 6.53. The number of hydrogen-bond acceptors (Lipinski definition) is 3. The Balaban J connectivity index is 2.75. The number of thiophene rings is 1. The summed E-state index contributed by atoms with van der Waals surface area (Å²) in [6, 6.07) is 2.04. The van der Waals surface area contributed by atoms with Crippen LogP contribution in [0, 0.1) is 0 Å². The van der Waals surface area contributed by atoms with Crippen LogP contribution < -0.4 is 0 Å². The van der Waals surface area contributed by atoms with Crippen molar-refractivity contribution in [3.63, 3.8) is 0 Å². The van der Waals surface area contributed by atoms with Gasteiger partial charge in [0.2, 0.25) is 0 Å². The summed E-state index contributed by atoms with van der Waals surface area (Å²) >= 11 is 1.72. The van der Waals surface area contributed by atoms with Gasteiger partial charge in [-0.15, -0.1) is 11.3 Å². The summed E-state index contributed by atoms with van der Waals surface area (Å²) in [6.07, 6.45) is 1.65. The van der Waals surface area contributed by atoms with E-state index in [1.54, 1.807) is 17.7 Å². The monoisotopic (exact) mass is 192 g/mol. The average molecular weight is 192 g/mol. The molecule has 13 heavy (non-hydrogen) atoms. The van der Waals surface area contributed by atoms with Gasteiger partial charge in [0, 0.05) is 5.41 Å². The zero-order valence-corrected chi connectivity index (χ0v) is 8.85. The molecular formula is C10H12N2S. The van der Waals surface area contributed by atoms with Gasteiger partial charge in [-0.05, 0) is 11.4 Å². The maximum absolute atomic E-state index is 4.35. The molecule has 68 valence electrons. The second-order valence-electron chi connectivity index (χ2n) is 4.11. The van der Waals surface area contributed by atoms with Crippen molar-refractivity contribution in [2.24, 2.45) is 0 Å². The molecule has 2 aromatic rings. The second kappa shape index (κ2) is 2.77. The Bertz CT molecular complexity index is 426. The van der Waals surface area contributed by atoms with E-state index in [4.69, 9.17) is 0 Å². The summed E-state index contributed by atoms with van der Waals surface area (Å²) in [5.41, 5.74) is 2.31. The minimum absolute atomic E-state index is 0.103. The molecule has 0 spiro atoms. The highest BCUT2D eigenvalue weighted by atomic mass is 32.1. The van der Waals surface area contributed by atoms with Crippen LogP contribution in [-0.2, 0) is 5.41 Å². The third-order valence-corrected chi connectivity index (χ3v) is 2.86. The number of fused-ring (bicyclic) bond motifs is 1. The van der Waals surface area contributed by atoms with Gasteiger partial charge in [0.1, 0.15) is 6.33 Å². The van der Waals surface area contributed by atoms with Crippen LogP contribution in [0.4, 0.5) is 0 Å². The smallest absolute Gasteiger partial charge is 0.116 e. The van der Waals surface area contributed by atoms with Gasteiger partial charge in [0.05, 0.1) is 15.9 Å². The molecule has 2 rings (SSSR count). The maximum atomic E-state index is 4.35. The van der Waals surface area contributed by atoms with Crippen molar-refractivity contribution in [2.45, 2.75) is 26.2 Å². The summed E-state index contributed by atoms with van der Waals surface area (Å²) in [7, 11) is 0. The molecule has 0 atom stereocenters. The minimum atomic E-state index is 0.103. The van der Waals surface area contributed by atoms with E-state index in [1.807, 2.05) is 6.07 Å². The van der Waals surface area contributed by atoms with Gasteiger partial charge in [-0.25, -0.2) is 9.97 Å². The molecule has 0 saturated carbocycles. The van der Waals surface area contributed by atoms with E-state index in [1.165, 1.54) is 4.70 Å². The second-order valence-corrected chi connectivity index (χ2v) is 5.02. The predicted molar refractivity (Wildman–Crippen MR) is 56.1 cm³/mol. The molecule has 0 bridgehead atoms. The van der Waals surface area contributed by atoms with Gasteiger partial charge in [-0.2, -0.15) is 0 Å². The van der Waals surface area contributed by atoms with Crippen molar-refractivity contribution in [1.29, 1.82) is 0 Å². The van der Waals surface area contributed by atoms with Crippen molar-refractivity contribution in [3.05, 3.63) is 23.5 Å². The highest BCUT2D eigenvalue weighted by Crippen LogP contribution is 2.29. The molecule has 2 nitrogen and oxygen atoms in total. The first kappa shape index (κ1) is 8.63. The van der Waals surface area contributed by atoms with E-state index in [-0.39, 0.29) is 5.41 Å². The highest BCUT2D eigenvalue weighted by Gasteiger charge is 2.19. The van der Waals surface area contributed by atoms with Crippen LogP contribution in [0.25, 0.3) is 10.2 Å². The fourth-order valence-electron chi connectivity index (χ4n) is 1.32. The third kappa shape index (κ3) is 1.44. The fourth-order valence-corrected chi connectivity index (χ4v) is 2.37. The lowest BCUT2D eigenvalue weighted by molar-refractivity contribution is 0.575. The van der Waals surface area contributed by atoms with Crippen molar-refractivity contribution in [2.75, 3.05) is 0 Å². The summed E-state index contributed by atoms with van der Waals surface area (Å²) in [4.78, 5) is 8.56. The standard InChI is InChI=1S/C10H12N2S/c1-10(2,3)9-8-7(4-5-13-8)11-6-12-9/h4-6H,1-3H3. The van der Waals surface area contributed by atoms with E-state index in [2.05, 4.69) is 36.1 Å². The Morgan fingerprint density at radius 1 is 1.23 bits per heavy atom. The van der Waals surface area contributed by atoms with Crippen LogP contribution >= 0.6 is 11.3 Å². The van der Waals surface area contributed by atoms with Crippen molar-refractivity contribution < 1.29 is 0 Å². The molecule has 0 unspecified atom stereocenters. The van der Waals surface area contributed by atoms with Crippen LogP contribution in [-0.4, -0.2) is 9.97 Å². The zero-order valence-electron chi connectivity index (χ0n) is 8.03. The Labute approximate surface area is 81.7 Å². The lowest BCUT2D eigenvalue weighted by atomic mass is 9.92. The SMILES string of the molecule is CC(C)(C)c1ncnc2ccsc12. The van der Waals surface area contributed by atoms with Crippen LogP contribution in [0.2, 0.25) is 0 Å². The van der Waals surface area contributed by atoms with Crippen molar-refractivity contribution >= 4 is 21.6 Å². The first-order valence-electron chi connectivity index (χ1n) is 4.28. The molecule has 2 heterocycles. The van der Waals surface area contributed by atoms with E-state index in [0.29, 0.717) is 0 Å². The normalized spacial score (nSPS) is 12.2. The van der Waals surface area contributed by atoms with Gasteiger partial charge < -0.3 is 0 Å². The fraction of sp³-hybridized carbons (Fsp3) is 0.400. The van der Waals surface area contributed by atoms with E-state index >= 15 is 0 Å². The largest absolute Gasteiger partial charge is 0.239 e. The molecule has 0 aliphatic carbocycles. The van der Waals surface area contributed by atoms with Crippen LogP contribution in [0.1, 0.15) is 26.5 Å². The Kier molecular flexibility index (Phi) is 1.84. The molecule has 0 amide bonds.